The number of carbonyl (C=O) groups is 1. The van der Waals surface area contributed by atoms with E-state index in [1.54, 1.807) is 16.7 Å². The largest absolute Gasteiger partial charge is 0.272 e. The Balaban J connectivity index is 1.61. The van der Waals surface area contributed by atoms with Crippen LogP contribution in [0.2, 0.25) is 0 Å². The fourth-order valence-electron chi connectivity index (χ4n) is 3.29. The van der Waals surface area contributed by atoms with Gasteiger partial charge in [0.2, 0.25) is 0 Å². The fourth-order valence-corrected chi connectivity index (χ4v) is 4.09. The second-order valence-electron chi connectivity index (χ2n) is 7.23. The molecule has 1 heterocycles. The van der Waals surface area contributed by atoms with Crippen molar-refractivity contribution in [2.75, 3.05) is 5.75 Å². The molecule has 0 aliphatic carbocycles. The Hall–Kier alpha value is -3.71. The molecule has 0 spiro atoms. The van der Waals surface area contributed by atoms with Crippen LogP contribution in [0.1, 0.15) is 18.1 Å². The van der Waals surface area contributed by atoms with E-state index in [1.165, 1.54) is 11.8 Å². The quantitative estimate of drug-likeness (QED) is 0.209. The van der Waals surface area contributed by atoms with Crippen molar-refractivity contribution in [2.24, 2.45) is 5.10 Å². The van der Waals surface area contributed by atoms with Crippen LogP contribution in [0, 0.1) is 6.92 Å². The second-order valence-corrected chi connectivity index (χ2v) is 8.17. The molecule has 4 aromatic rings. The molecule has 3 aromatic carbocycles. The van der Waals surface area contributed by atoms with Gasteiger partial charge in [-0.05, 0) is 43.2 Å². The molecule has 4 rings (SSSR count). The molecule has 7 heteroatoms. The van der Waals surface area contributed by atoms with Gasteiger partial charge in [-0.2, -0.15) is 5.10 Å². The molecule has 0 atom stereocenters. The van der Waals surface area contributed by atoms with Crippen molar-refractivity contribution in [3.63, 3.8) is 0 Å². The average Bonchev–Trinajstić information content (AvgIpc) is 2.82. The molecule has 1 aromatic heterocycles. The molecule has 0 aliphatic heterocycles. The third-order valence-corrected chi connectivity index (χ3v) is 5.91. The van der Waals surface area contributed by atoms with Crippen LogP contribution in [-0.2, 0) is 4.79 Å². The van der Waals surface area contributed by atoms with Crippen LogP contribution in [0.4, 0.5) is 0 Å². The lowest BCUT2D eigenvalue weighted by Gasteiger charge is -2.14. The summed E-state index contributed by atoms with van der Waals surface area (Å²) >= 11 is 1.21. The maximum absolute atomic E-state index is 13.3. The standard InChI is InChI=1S/C25H22N4O2S/c1-17-10-6-9-15-22(17)29-24(31)20-13-7-8-14-21(20)26-25(29)32-16-23(30)28-27-18(2)19-11-4-3-5-12-19/h3-15H,16H2,1-2H3,(H,28,30)/b27-18+. The number of rotatable bonds is 6. The van der Waals surface area contributed by atoms with Gasteiger partial charge < -0.3 is 0 Å². The Morgan fingerprint density at radius 3 is 2.47 bits per heavy atom. The predicted octanol–water partition coefficient (Wildman–Crippen LogP) is 4.33. The minimum Gasteiger partial charge on any atom is -0.272 e. The van der Waals surface area contributed by atoms with E-state index in [0.29, 0.717) is 21.8 Å². The first-order valence-corrected chi connectivity index (χ1v) is 11.1. The van der Waals surface area contributed by atoms with E-state index in [4.69, 9.17) is 0 Å². The number of amides is 1. The van der Waals surface area contributed by atoms with Crippen molar-refractivity contribution in [3.05, 3.63) is 100 Å². The monoisotopic (exact) mass is 442 g/mol. The lowest BCUT2D eigenvalue weighted by atomic mass is 10.1. The summed E-state index contributed by atoms with van der Waals surface area (Å²) in [5, 5.41) is 5.18. The number of para-hydroxylation sites is 2. The molecule has 1 amide bonds. The summed E-state index contributed by atoms with van der Waals surface area (Å²) in [4.78, 5) is 30.4. The molecule has 160 valence electrons. The van der Waals surface area contributed by atoms with Crippen LogP contribution in [0.15, 0.2) is 93.9 Å². The second kappa shape index (κ2) is 9.62. The molecule has 0 saturated heterocycles. The zero-order valence-corrected chi connectivity index (χ0v) is 18.6. The van der Waals surface area contributed by atoms with Crippen molar-refractivity contribution in [2.45, 2.75) is 19.0 Å². The summed E-state index contributed by atoms with van der Waals surface area (Å²) < 4.78 is 1.58. The first kappa shape index (κ1) is 21.5. The first-order chi connectivity index (χ1) is 15.5. The summed E-state index contributed by atoms with van der Waals surface area (Å²) in [5.74, 6) is -0.202. The van der Waals surface area contributed by atoms with Crippen LogP contribution in [-0.4, -0.2) is 26.9 Å². The number of aryl methyl sites for hydroxylation is 1. The van der Waals surface area contributed by atoms with Crippen molar-refractivity contribution in [3.8, 4) is 5.69 Å². The van der Waals surface area contributed by atoms with E-state index in [-0.39, 0.29) is 17.2 Å². The molecule has 0 radical (unpaired) electrons. The molecule has 0 unspecified atom stereocenters. The van der Waals surface area contributed by atoms with Gasteiger partial charge in [-0.15, -0.1) is 0 Å². The third-order valence-electron chi connectivity index (χ3n) is 4.97. The summed E-state index contributed by atoms with van der Waals surface area (Å²) in [5.41, 5.74) is 6.37. The zero-order chi connectivity index (χ0) is 22.5. The summed E-state index contributed by atoms with van der Waals surface area (Å²) in [6.45, 7) is 3.78. The lowest BCUT2D eigenvalue weighted by Crippen LogP contribution is -2.25. The molecule has 0 fully saturated rings. The lowest BCUT2D eigenvalue weighted by molar-refractivity contribution is -0.118. The number of fused-ring (bicyclic) bond motifs is 1. The highest BCUT2D eigenvalue weighted by Crippen LogP contribution is 2.23. The van der Waals surface area contributed by atoms with Gasteiger partial charge in [-0.3, -0.25) is 14.2 Å². The maximum Gasteiger partial charge on any atom is 0.266 e. The topological polar surface area (TPSA) is 76.3 Å². The van der Waals surface area contributed by atoms with Gasteiger partial charge in [0.15, 0.2) is 5.16 Å². The van der Waals surface area contributed by atoms with Crippen LogP contribution in [0.3, 0.4) is 0 Å². The van der Waals surface area contributed by atoms with E-state index in [0.717, 1.165) is 16.8 Å². The SMILES string of the molecule is C/C(=N\NC(=O)CSc1nc2ccccc2c(=O)n1-c1ccccc1C)c1ccccc1. The minimum atomic E-state index is -0.274. The van der Waals surface area contributed by atoms with Gasteiger partial charge in [-0.25, -0.2) is 10.4 Å². The average molecular weight is 443 g/mol. The highest BCUT2D eigenvalue weighted by Gasteiger charge is 2.15. The molecule has 0 aliphatic rings. The summed E-state index contributed by atoms with van der Waals surface area (Å²) in [6, 6.07) is 24.5. The number of aromatic nitrogens is 2. The number of hydrogen-bond acceptors (Lipinski definition) is 5. The number of hydrogen-bond donors (Lipinski definition) is 1. The Morgan fingerprint density at radius 2 is 1.69 bits per heavy atom. The van der Waals surface area contributed by atoms with Crippen LogP contribution >= 0.6 is 11.8 Å². The summed E-state index contributed by atoms with van der Waals surface area (Å²) in [7, 11) is 0. The van der Waals surface area contributed by atoms with Gasteiger partial charge in [0.25, 0.3) is 11.5 Å². The van der Waals surface area contributed by atoms with Crippen molar-refractivity contribution in [1.82, 2.24) is 15.0 Å². The Bertz CT molecular complexity index is 1360. The fraction of sp³-hybridized carbons (Fsp3) is 0.120. The van der Waals surface area contributed by atoms with E-state index in [1.807, 2.05) is 80.6 Å². The van der Waals surface area contributed by atoms with Crippen molar-refractivity contribution >= 4 is 34.3 Å². The number of benzene rings is 3. The molecule has 0 saturated carbocycles. The molecule has 0 bridgehead atoms. The number of carbonyl (C=O) groups excluding carboxylic acids is 1. The third kappa shape index (κ3) is 4.63. The number of nitrogens with zero attached hydrogens (tertiary/aromatic N) is 3. The van der Waals surface area contributed by atoms with E-state index in [2.05, 4.69) is 15.5 Å². The smallest absolute Gasteiger partial charge is 0.266 e. The normalized spacial score (nSPS) is 11.5. The van der Waals surface area contributed by atoms with Gasteiger partial charge in [-0.1, -0.05) is 72.4 Å². The highest BCUT2D eigenvalue weighted by molar-refractivity contribution is 7.99. The van der Waals surface area contributed by atoms with Gasteiger partial charge >= 0.3 is 0 Å². The van der Waals surface area contributed by atoms with Crippen molar-refractivity contribution < 1.29 is 4.79 Å². The first-order valence-electron chi connectivity index (χ1n) is 10.1. The number of hydrazone groups is 1. The van der Waals surface area contributed by atoms with E-state index < -0.39 is 0 Å². The molecule has 32 heavy (non-hydrogen) atoms. The predicted molar refractivity (Wildman–Crippen MR) is 130 cm³/mol. The van der Waals surface area contributed by atoms with Crippen LogP contribution < -0.4 is 11.0 Å². The van der Waals surface area contributed by atoms with Crippen LogP contribution in [0.25, 0.3) is 16.6 Å². The number of nitrogens with one attached hydrogen (secondary N) is 1. The maximum atomic E-state index is 13.3. The van der Waals surface area contributed by atoms with Crippen LogP contribution in [0.5, 0.6) is 0 Å². The van der Waals surface area contributed by atoms with Crippen molar-refractivity contribution in [1.29, 1.82) is 0 Å². The van der Waals surface area contributed by atoms with Gasteiger partial charge in [0.1, 0.15) is 0 Å². The highest BCUT2D eigenvalue weighted by atomic mass is 32.2. The minimum absolute atomic E-state index is 0.0717. The van der Waals surface area contributed by atoms with Gasteiger partial charge in [0.05, 0.1) is 28.1 Å². The van der Waals surface area contributed by atoms with Gasteiger partial charge in [0, 0.05) is 0 Å². The Kier molecular flexibility index (Phi) is 6.47. The molecule has 1 N–H and O–H groups in total. The zero-order valence-electron chi connectivity index (χ0n) is 17.8. The molecular formula is C25H22N4O2S. The van der Waals surface area contributed by atoms with E-state index >= 15 is 0 Å². The summed E-state index contributed by atoms with van der Waals surface area (Å²) in [6.07, 6.45) is 0. The number of thioether (sulfide) groups is 1. The van der Waals surface area contributed by atoms with E-state index in [9.17, 15) is 9.59 Å². The molecule has 6 nitrogen and oxygen atoms in total. The molecular weight excluding hydrogens is 420 g/mol. The Labute approximate surface area is 190 Å². The Morgan fingerprint density at radius 1 is 1.00 bits per heavy atom.